The van der Waals surface area contributed by atoms with Gasteiger partial charge >= 0.3 is 0 Å². The van der Waals surface area contributed by atoms with Crippen LogP contribution in [0.25, 0.3) is 0 Å². The molecular formula is C6H11P. The first kappa shape index (κ1) is 5.31. The Bertz CT molecular complexity index is 76.2. The smallest absolute Gasteiger partial charge is 0.0317 e. The Morgan fingerprint density at radius 3 is 2.14 bits per heavy atom. The van der Waals surface area contributed by atoms with E-state index in [-0.39, 0.29) is 0 Å². The fourth-order valence-electron chi connectivity index (χ4n) is 0.996. The van der Waals surface area contributed by atoms with Gasteiger partial charge in [-0.2, -0.15) is 0 Å². The van der Waals surface area contributed by atoms with E-state index in [4.69, 9.17) is 0 Å². The summed E-state index contributed by atoms with van der Waals surface area (Å²) in [6.45, 7) is 0. The summed E-state index contributed by atoms with van der Waals surface area (Å²) in [6, 6.07) is 0. The summed E-state index contributed by atoms with van der Waals surface area (Å²) in [5.74, 6) is 2.17. The fraction of sp³-hybridized carbons (Fsp3) is 0.667. The lowest BCUT2D eigenvalue weighted by Crippen LogP contribution is -1.63. The van der Waals surface area contributed by atoms with Gasteiger partial charge in [-0.15, -0.1) is 9.24 Å². The maximum atomic E-state index is 2.66. The Labute approximate surface area is 47.2 Å². The molecule has 1 rings (SSSR count). The van der Waals surface area contributed by atoms with E-state index >= 15 is 0 Å². The molecule has 0 aromatic carbocycles. The van der Waals surface area contributed by atoms with E-state index in [9.17, 15) is 0 Å². The van der Waals surface area contributed by atoms with Crippen LogP contribution < -0.4 is 0 Å². The van der Waals surface area contributed by atoms with Gasteiger partial charge in [0.15, 0.2) is 0 Å². The molecule has 1 fully saturated rings. The van der Waals surface area contributed by atoms with Crippen molar-refractivity contribution in [2.75, 3.05) is 0 Å². The van der Waals surface area contributed by atoms with E-state index in [1.165, 1.54) is 25.7 Å². The van der Waals surface area contributed by atoms with Crippen LogP contribution in [0.3, 0.4) is 0 Å². The molecule has 40 valence electrons. The summed E-state index contributed by atoms with van der Waals surface area (Å²) in [7, 11) is 2.66. The minimum atomic E-state index is 1.35. The minimum Gasteiger partial charge on any atom is -0.114 e. The third kappa shape index (κ3) is 1.28. The van der Waals surface area contributed by atoms with Crippen LogP contribution in [0.4, 0.5) is 0 Å². The quantitative estimate of drug-likeness (QED) is 0.424. The molecular weight excluding hydrogens is 103 g/mol. The molecule has 1 atom stereocenters. The molecule has 0 aliphatic heterocycles. The van der Waals surface area contributed by atoms with E-state index in [2.05, 4.69) is 15.1 Å². The van der Waals surface area contributed by atoms with Crippen molar-refractivity contribution >= 4 is 9.24 Å². The van der Waals surface area contributed by atoms with E-state index in [1.807, 2.05) is 0 Å². The largest absolute Gasteiger partial charge is 0.114 e. The molecule has 1 unspecified atom stereocenters. The average Bonchev–Trinajstić information content (AvgIpc) is 2.14. The van der Waals surface area contributed by atoms with Crippen molar-refractivity contribution in [1.29, 1.82) is 0 Å². The summed E-state index contributed by atoms with van der Waals surface area (Å²) in [6.07, 6.45) is 5.54. The molecule has 0 bridgehead atoms. The summed E-state index contributed by atoms with van der Waals surface area (Å²) >= 11 is 0. The first-order valence-electron chi connectivity index (χ1n) is 2.83. The molecule has 0 saturated heterocycles. The van der Waals surface area contributed by atoms with Gasteiger partial charge in [0.05, 0.1) is 0 Å². The van der Waals surface area contributed by atoms with Crippen LogP contribution in [0.2, 0.25) is 0 Å². The van der Waals surface area contributed by atoms with Crippen molar-refractivity contribution in [3.63, 3.8) is 0 Å². The topological polar surface area (TPSA) is 0 Å². The van der Waals surface area contributed by atoms with Crippen molar-refractivity contribution in [3.05, 3.63) is 11.4 Å². The van der Waals surface area contributed by atoms with E-state index < -0.39 is 0 Å². The van der Waals surface area contributed by atoms with Crippen LogP contribution in [0.1, 0.15) is 25.7 Å². The maximum absolute atomic E-state index is 2.66. The molecule has 0 heterocycles. The Morgan fingerprint density at radius 2 is 1.86 bits per heavy atom. The van der Waals surface area contributed by atoms with Crippen LogP contribution in [0.5, 0.6) is 0 Å². The lowest BCUT2D eigenvalue weighted by Gasteiger charge is -1.85. The van der Waals surface area contributed by atoms with Gasteiger partial charge in [-0.1, -0.05) is 11.4 Å². The first-order chi connectivity index (χ1) is 3.43. The molecule has 0 N–H and O–H groups in total. The third-order valence-electron chi connectivity index (χ3n) is 1.48. The molecule has 0 aromatic rings. The van der Waals surface area contributed by atoms with Crippen LogP contribution in [-0.4, -0.2) is 0 Å². The molecule has 1 aliphatic rings. The van der Waals surface area contributed by atoms with Gasteiger partial charge in [0, 0.05) is 0 Å². The van der Waals surface area contributed by atoms with E-state index in [0.717, 1.165) is 0 Å². The van der Waals surface area contributed by atoms with Crippen LogP contribution in [-0.2, 0) is 0 Å². The number of hydrogen-bond donors (Lipinski definition) is 0. The second-order valence-electron chi connectivity index (χ2n) is 2.03. The van der Waals surface area contributed by atoms with Gasteiger partial charge in [-0.3, -0.25) is 0 Å². The summed E-state index contributed by atoms with van der Waals surface area (Å²) < 4.78 is 0. The van der Waals surface area contributed by atoms with E-state index in [1.54, 1.807) is 5.57 Å². The fourth-order valence-corrected chi connectivity index (χ4v) is 1.33. The van der Waals surface area contributed by atoms with Gasteiger partial charge in [-0.05, 0) is 25.7 Å². The lowest BCUT2D eigenvalue weighted by atomic mass is 10.3. The summed E-state index contributed by atoms with van der Waals surface area (Å²) in [4.78, 5) is 0. The van der Waals surface area contributed by atoms with Crippen molar-refractivity contribution in [2.45, 2.75) is 25.7 Å². The van der Waals surface area contributed by atoms with E-state index in [0.29, 0.717) is 0 Å². The average molecular weight is 114 g/mol. The van der Waals surface area contributed by atoms with Gasteiger partial charge < -0.3 is 0 Å². The van der Waals surface area contributed by atoms with Crippen molar-refractivity contribution < 1.29 is 0 Å². The van der Waals surface area contributed by atoms with Crippen molar-refractivity contribution in [1.82, 2.24) is 0 Å². The zero-order valence-corrected chi connectivity index (χ0v) is 5.64. The highest BCUT2D eigenvalue weighted by Gasteiger charge is 2.03. The number of rotatable bonds is 0. The normalized spacial score (nSPS) is 20.4. The van der Waals surface area contributed by atoms with Gasteiger partial charge in [0.1, 0.15) is 0 Å². The van der Waals surface area contributed by atoms with Crippen LogP contribution in [0.15, 0.2) is 11.4 Å². The lowest BCUT2D eigenvalue weighted by molar-refractivity contribution is 0.886. The summed E-state index contributed by atoms with van der Waals surface area (Å²) in [5.41, 5.74) is 1.63. The zero-order valence-electron chi connectivity index (χ0n) is 4.48. The molecule has 1 saturated carbocycles. The van der Waals surface area contributed by atoms with Crippen molar-refractivity contribution in [2.24, 2.45) is 0 Å². The Balaban J connectivity index is 2.41. The maximum Gasteiger partial charge on any atom is -0.0317 e. The van der Waals surface area contributed by atoms with Crippen LogP contribution in [0, 0.1) is 0 Å². The standard InChI is InChI=1S/C6H11P/c7-5-6-3-1-2-4-6/h5H,1-4,7H2. The Kier molecular flexibility index (Phi) is 1.87. The molecule has 0 amide bonds. The molecule has 1 heteroatoms. The Hall–Kier alpha value is 0.170. The van der Waals surface area contributed by atoms with Gasteiger partial charge in [-0.25, -0.2) is 0 Å². The highest BCUT2D eigenvalue weighted by atomic mass is 31.0. The molecule has 0 radical (unpaired) electrons. The minimum absolute atomic E-state index is 1.35. The predicted octanol–water partition coefficient (Wildman–Crippen LogP) is 2.32. The second kappa shape index (κ2) is 2.47. The second-order valence-corrected chi connectivity index (χ2v) is 2.37. The monoisotopic (exact) mass is 114 g/mol. The number of hydrogen-bond acceptors (Lipinski definition) is 0. The molecule has 7 heavy (non-hydrogen) atoms. The van der Waals surface area contributed by atoms with Gasteiger partial charge in [0.25, 0.3) is 0 Å². The molecule has 0 aromatic heterocycles. The Morgan fingerprint density at radius 1 is 1.29 bits per heavy atom. The van der Waals surface area contributed by atoms with Crippen molar-refractivity contribution in [3.8, 4) is 0 Å². The highest BCUT2D eigenvalue weighted by molar-refractivity contribution is 7.20. The number of allylic oxidation sites excluding steroid dienone is 1. The summed E-state index contributed by atoms with van der Waals surface area (Å²) in [5, 5.41) is 0. The zero-order chi connectivity index (χ0) is 5.11. The highest BCUT2D eigenvalue weighted by Crippen LogP contribution is 2.24. The SMILES string of the molecule is PC=C1CCCC1. The molecule has 0 nitrogen and oxygen atoms in total. The predicted molar refractivity (Wildman–Crippen MR) is 36.3 cm³/mol. The molecule has 0 spiro atoms. The third-order valence-corrected chi connectivity index (χ3v) is 1.95. The first-order valence-corrected chi connectivity index (χ1v) is 3.50. The molecule has 1 aliphatic carbocycles. The van der Waals surface area contributed by atoms with Crippen LogP contribution >= 0.6 is 9.24 Å². The van der Waals surface area contributed by atoms with Gasteiger partial charge in [0.2, 0.25) is 0 Å².